The first-order valence-electron chi connectivity index (χ1n) is 10.3. The molecule has 0 unspecified atom stereocenters. The number of carbonyl (C=O) groups is 3. The van der Waals surface area contributed by atoms with Crippen LogP contribution in [0.4, 0.5) is 4.79 Å². The predicted molar refractivity (Wildman–Crippen MR) is 121 cm³/mol. The van der Waals surface area contributed by atoms with Crippen LogP contribution in [0.1, 0.15) is 11.1 Å². The molecule has 2 N–H and O–H groups in total. The Balaban J connectivity index is 1.64. The van der Waals surface area contributed by atoms with E-state index in [1.54, 1.807) is 30.3 Å². The summed E-state index contributed by atoms with van der Waals surface area (Å²) in [5.74, 6) is -0.855. The van der Waals surface area contributed by atoms with E-state index in [1.165, 1.54) is 20.3 Å². The first-order chi connectivity index (χ1) is 16.4. The minimum Gasteiger partial charge on any atom is -0.497 e. The standard InChI is InChI=1S/C24H24N2O8/c1-31-17-8-9-18-16(11-22(28)34-20(18)12-17)10-19(23(29)32-2)26-21(27)13-25-24(30)33-14-15-6-4-3-5-7-15/h3-9,11-12,19H,10,13-14H2,1-2H3,(H,25,30)(H,26,27)/t19-/m1/s1. The minimum absolute atomic E-state index is 0.0364. The zero-order valence-electron chi connectivity index (χ0n) is 18.7. The van der Waals surface area contributed by atoms with Gasteiger partial charge in [0.1, 0.15) is 30.5 Å². The van der Waals surface area contributed by atoms with E-state index in [0.717, 1.165) is 5.56 Å². The van der Waals surface area contributed by atoms with E-state index >= 15 is 0 Å². The van der Waals surface area contributed by atoms with Crippen molar-refractivity contribution in [1.82, 2.24) is 10.6 Å². The molecule has 0 spiro atoms. The molecule has 34 heavy (non-hydrogen) atoms. The number of carbonyl (C=O) groups excluding carboxylic acids is 3. The number of rotatable bonds is 9. The van der Waals surface area contributed by atoms with Crippen molar-refractivity contribution < 1.29 is 33.0 Å². The van der Waals surface area contributed by atoms with E-state index in [1.807, 2.05) is 18.2 Å². The monoisotopic (exact) mass is 468 g/mol. The third kappa shape index (κ3) is 6.58. The van der Waals surface area contributed by atoms with Crippen LogP contribution in [0.15, 0.2) is 63.8 Å². The molecule has 0 aliphatic rings. The molecule has 10 nitrogen and oxygen atoms in total. The van der Waals surface area contributed by atoms with Crippen molar-refractivity contribution in [1.29, 1.82) is 0 Å². The Hall–Kier alpha value is -4.34. The van der Waals surface area contributed by atoms with Gasteiger partial charge in [0.2, 0.25) is 5.91 Å². The molecule has 0 aliphatic heterocycles. The molecule has 0 saturated heterocycles. The van der Waals surface area contributed by atoms with Crippen molar-refractivity contribution in [2.75, 3.05) is 20.8 Å². The van der Waals surface area contributed by atoms with Crippen LogP contribution in [0.25, 0.3) is 11.0 Å². The molecule has 3 aromatic rings. The molecule has 2 aromatic carbocycles. The lowest BCUT2D eigenvalue weighted by atomic mass is 10.0. The van der Waals surface area contributed by atoms with E-state index in [9.17, 15) is 19.2 Å². The second kappa shape index (κ2) is 11.5. The van der Waals surface area contributed by atoms with Crippen LogP contribution in [-0.2, 0) is 32.1 Å². The van der Waals surface area contributed by atoms with Gasteiger partial charge in [-0.2, -0.15) is 0 Å². The Kier molecular flexibility index (Phi) is 8.22. The maximum atomic E-state index is 12.4. The largest absolute Gasteiger partial charge is 0.497 e. The zero-order valence-corrected chi connectivity index (χ0v) is 18.7. The van der Waals surface area contributed by atoms with Crippen molar-refractivity contribution in [3.63, 3.8) is 0 Å². The summed E-state index contributed by atoms with van der Waals surface area (Å²) < 4.78 is 20.2. The number of hydrogen-bond acceptors (Lipinski definition) is 8. The van der Waals surface area contributed by atoms with Gasteiger partial charge in [0, 0.05) is 23.9 Å². The maximum Gasteiger partial charge on any atom is 0.407 e. The van der Waals surface area contributed by atoms with Gasteiger partial charge in [0.15, 0.2) is 0 Å². The number of fused-ring (bicyclic) bond motifs is 1. The number of esters is 1. The summed E-state index contributed by atoms with van der Waals surface area (Å²) in [4.78, 5) is 48.6. The highest BCUT2D eigenvalue weighted by atomic mass is 16.5. The molecule has 1 aromatic heterocycles. The fraction of sp³-hybridized carbons (Fsp3) is 0.250. The van der Waals surface area contributed by atoms with Gasteiger partial charge in [0.25, 0.3) is 0 Å². The molecular weight excluding hydrogens is 444 g/mol. The second-order valence-electron chi connectivity index (χ2n) is 7.22. The molecule has 178 valence electrons. The van der Waals surface area contributed by atoms with Gasteiger partial charge in [-0.25, -0.2) is 14.4 Å². The van der Waals surface area contributed by atoms with Crippen LogP contribution in [0, 0.1) is 0 Å². The van der Waals surface area contributed by atoms with Gasteiger partial charge in [-0.1, -0.05) is 30.3 Å². The molecule has 2 amide bonds. The molecule has 1 heterocycles. The van der Waals surface area contributed by atoms with E-state index in [0.29, 0.717) is 16.7 Å². The topological polar surface area (TPSA) is 133 Å². The van der Waals surface area contributed by atoms with E-state index in [-0.39, 0.29) is 18.6 Å². The fourth-order valence-electron chi connectivity index (χ4n) is 3.23. The SMILES string of the molecule is COC(=O)[C@@H](Cc1cc(=O)oc2cc(OC)ccc12)NC(=O)CNC(=O)OCc1ccccc1. The molecule has 0 fully saturated rings. The Labute approximate surface area is 194 Å². The fourth-order valence-corrected chi connectivity index (χ4v) is 3.23. The average Bonchev–Trinajstić information content (AvgIpc) is 2.85. The first-order valence-corrected chi connectivity index (χ1v) is 10.3. The first kappa shape index (κ1) is 24.3. The van der Waals surface area contributed by atoms with Crippen LogP contribution >= 0.6 is 0 Å². The van der Waals surface area contributed by atoms with Crippen LogP contribution in [0.3, 0.4) is 0 Å². The highest BCUT2D eigenvalue weighted by Gasteiger charge is 2.24. The molecule has 1 atom stereocenters. The highest BCUT2D eigenvalue weighted by Crippen LogP contribution is 2.23. The molecule has 0 saturated carbocycles. The van der Waals surface area contributed by atoms with Crippen molar-refractivity contribution in [2.24, 2.45) is 0 Å². The molecule has 0 bridgehead atoms. The normalized spacial score (nSPS) is 11.4. The van der Waals surface area contributed by atoms with E-state index in [4.69, 9.17) is 18.6 Å². The van der Waals surface area contributed by atoms with Crippen molar-refractivity contribution in [2.45, 2.75) is 19.1 Å². The smallest absolute Gasteiger partial charge is 0.407 e. The average molecular weight is 468 g/mol. The number of ether oxygens (including phenoxy) is 3. The van der Waals surface area contributed by atoms with Crippen LogP contribution in [0.2, 0.25) is 0 Å². The number of hydrogen-bond donors (Lipinski definition) is 2. The summed E-state index contributed by atoms with van der Waals surface area (Å²) in [6.45, 7) is -0.372. The van der Waals surface area contributed by atoms with E-state index in [2.05, 4.69) is 10.6 Å². The summed E-state index contributed by atoms with van der Waals surface area (Å²) in [5.41, 5.74) is 0.929. The molecule has 0 radical (unpaired) electrons. The summed E-state index contributed by atoms with van der Waals surface area (Å²) in [6.07, 6.45) is -0.820. The van der Waals surface area contributed by atoms with Gasteiger partial charge in [-0.15, -0.1) is 0 Å². The third-order valence-electron chi connectivity index (χ3n) is 4.89. The van der Waals surface area contributed by atoms with Gasteiger partial charge >= 0.3 is 17.7 Å². The Morgan fingerprint density at radius 3 is 2.50 bits per heavy atom. The number of methoxy groups -OCH3 is 2. The lowest BCUT2D eigenvalue weighted by Crippen LogP contribution is -2.47. The number of benzene rings is 2. The Morgan fingerprint density at radius 2 is 1.79 bits per heavy atom. The Bertz CT molecular complexity index is 1220. The third-order valence-corrected chi connectivity index (χ3v) is 4.89. The molecule has 0 aliphatic carbocycles. The molecular formula is C24H24N2O8. The van der Waals surface area contributed by atoms with Gasteiger partial charge in [0.05, 0.1) is 14.2 Å². The predicted octanol–water partition coefficient (Wildman–Crippen LogP) is 1.93. The van der Waals surface area contributed by atoms with Gasteiger partial charge < -0.3 is 29.3 Å². The summed E-state index contributed by atoms with van der Waals surface area (Å²) in [7, 11) is 2.67. The second-order valence-corrected chi connectivity index (χ2v) is 7.22. The van der Waals surface area contributed by atoms with Crippen molar-refractivity contribution >= 4 is 28.9 Å². The number of alkyl carbamates (subject to hydrolysis) is 1. The summed E-state index contributed by atoms with van der Waals surface area (Å²) in [6, 6.07) is 14.1. The maximum absolute atomic E-state index is 12.4. The van der Waals surface area contributed by atoms with Crippen molar-refractivity contribution in [3.05, 3.63) is 76.1 Å². The van der Waals surface area contributed by atoms with Crippen LogP contribution < -0.4 is 21.0 Å². The lowest BCUT2D eigenvalue weighted by Gasteiger charge is -2.17. The highest BCUT2D eigenvalue weighted by molar-refractivity contribution is 5.88. The van der Waals surface area contributed by atoms with Crippen LogP contribution in [0.5, 0.6) is 5.75 Å². The van der Waals surface area contributed by atoms with Gasteiger partial charge in [-0.05, 0) is 23.3 Å². The number of nitrogens with one attached hydrogen (secondary N) is 2. The van der Waals surface area contributed by atoms with Crippen LogP contribution in [-0.4, -0.2) is 44.8 Å². The Morgan fingerprint density at radius 1 is 1.03 bits per heavy atom. The lowest BCUT2D eigenvalue weighted by molar-refractivity contribution is -0.144. The summed E-state index contributed by atoms with van der Waals surface area (Å²) >= 11 is 0. The minimum atomic E-state index is -1.10. The van der Waals surface area contributed by atoms with E-state index < -0.39 is 36.2 Å². The quantitative estimate of drug-likeness (QED) is 0.360. The summed E-state index contributed by atoms with van der Waals surface area (Å²) in [5, 5.41) is 5.41. The molecule has 3 rings (SSSR count). The number of amides is 2. The van der Waals surface area contributed by atoms with Gasteiger partial charge in [-0.3, -0.25) is 4.79 Å². The zero-order chi connectivity index (χ0) is 24.5. The van der Waals surface area contributed by atoms with Crippen molar-refractivity contribution in [3.8, 4) is 5.75 Å². The molecule has 10 heteroatoms.